The molecule has 0 N–H and O–H groups in total. The van der Waals surface area contributed by atoms with Crippen LogP contribution in [0.5, 0.6) is 0 Å². The third-order valence-corrected chi connectivity index (χ3v) is 6.67. The van der Waals surface area contributed by atoms with Crippen LogP contribution in [0.15, 0.2) is 42.6 Å². The minimum atomic E-state index is 0.0586. The van der Waals surface area contributed by atoms with Crippen LogP contribution in [0.1, 0.15) is 40.0 Å². The van der Waals surface area contributed by atoms with Gasteiger partial charge < -0.3 is 4.90 Å². The van der Waals surface area contributed by atoms with Crippen LogP contribution in [0.25, 0.3) is 0 Å². The molecule has 3 fully saturated rings. The Balaban J connectivity index is 1.33. The van der Waals surface area contributed by atoms with Crippen LogP contribution in [0, 0.1) is 17.2 Å². The summed E-state index contributed by atoms with van der Waals surface area (Å²) in [5.74, 6) is 0.598. The maximum atomic E-state index is 13.1. The number of benzene rings is 1. The molecule has 5 heteroatoms. The molecule has 3 aliphatic heterocycles. The number of rotatable bonds is 2. The molecule has 1 aromatic carbocycles. The largest absolute Gasteiger partial charge is 0.334 e. The molecule has 0 unspecified atom stereocenters. The molecule has 2 aromatic rings. The summed E-state index contributed by atoms with van der Waals surface area (Å²) in [6.45, 7) is 2.88. The lowest BCUT2D eigenvalue weighted by Crippen LogP contribution is -2.48. The SMILES string of the molecule is N#Cc1ccc(C(=O)N2C[C@H]3CC[C@@H]2CN(C2Cc4ccccc4C2)C3)cn1. The molecule has 1 aromatic heterocycles. The lowest BCUT2D eigenvalue weighted by Gasteiger charge is -2.36. The number of pyridine rings is 1. The normalized spacial score (nSPS) is 24.6. The van der Waals surface area contributed by atoms with E-state index >= 15 is 0 Å². The molecule has 1 amide bonds. The van der Waals surface area contributed by atoms with E-state index < -0.39 is 0 Å². The lowest BCUT2D eigenvalue weighted by atomic mass is 9.94. The topological polar surface area (TPSA) is 60.2 Å². The Morgan fingerprint density at radius 3 is 2.46 bits per heavy atom. The molecule has 5 nitrogen and oxygen atoms in total. The number of carbonyl (C=O) groups is 1. The van der Waals surface area contributed by atoms with Gasteiger partial charge in [-0.2, -0.15) is 5.26 Å². The highest BCUT2D eigenvalue weighted by Crippen LogP contribution is 2.33. The number of nitrogens with zero attached hydrogens (tertiary/aromatic N) is 4. The molecule has 142 valence electrons. The minimum absolute atomic E-state index is 0.0586. The smallest absolute Gasteiger partial charge is 0.255 e. The molecular weight excluding hydrogens is 348 g/mol. The van der Waals surface area contributed by atoms with E-state index in [1.807, 2.05) is 6.07 Å². The van der Waals surface area contributed by atoms with Crippen molar-refractivity contribution in [2.75, 3.05) is 19.6 Å². The quantitative estimate of drug-likeness (QED) is 0.813. The van der Waals surface area contributed by atoms with E-state index in [9.17, 15) is 4.79 Å². The number of fused-ring (bicyclic) bond motifs is 5. The van der Waals surface area contributed by atoms with E-state index in [1.54, 1.807) is 18.3 Å². The Hall–Kier alpha value is -2.71. The van der Waals surface area contributed by atoms with Gasteiger partial charge in [0.25, 0.3) is 5.91 Å². The molecule has 0 saturated carbocycles. The van der Waals surface area contributed by atoms with Crippen molar-refractivity contribution in [3.05, 3.63) is 65.0 Å². The average Bonchev–Trinajstić information content (AvgIpc) is 2.96. The van der Waals surface area contributed by atoms with Crippen LogP contribution >= 0.6 is 0 Å². The minimum Gasteiger partial charge on any atom is -0.334 e. The summed E-state index contributed by atoms with van der Waals surface area (Å²) in [6.07, 6.45) is 6.09. The first-order valence-electron chi connectivity index (χ1n) is 10.2. The number of amides is 1. The zero-order valence-electron chi connectivity index (χ0n) is 15.9. The monoisotopic (exact) mass is 372 g/mol. The predicted molar refractivity (Wildman–Crippen MR) is 106 cm³/mol. The zero-order valence-corrected chi connectivity index (χ0v) is 15.9. The number of hydrogen-bond donors (Lipinski definition) is 0. The highest BCUT2D eigenvalue weighted by Gasteiger charge is 2.40. The first kappa shape index (κ1) is 17.4. The number of carbonyl (C=O) groups excluding carboxylic acids is 1. The van der Waals surface area contributed by atoms with Gasteiger partial charge in [0, 0.05) is 37.9 Å². The lowest BCUT2D eigenvalue weighted by molar-refractivity contribution is 0.0581. The Bertz CT molecular complexity index is 907. The second kappa shape index (κ2) is 7.03. The summed E-state index contributed by atoms with van der Waals surface area (Å²) in [6, 6.07) is 15.0. The summed E-state index contributed by atoms with van der Waals surface area (Å²) in [7, 11) is 0. The van der Waals surface area contributed by atoms with Crippen molar-refractivity contribution in [2.24, 2.45) is 5.92 Å². The number of piperidine rings is 1. The number of nitriles is 1. The first-order valence-corrected chi connectivity index (χ1v) is 10.2. The van der Waals surface area contributed by atoms with Crippen LogP contribution in [0.4, 0.5) is 0 Å². The van der Waals surface area contributed by atoms with Crippen molar-refractivity contribution in [3.63, 3.8) is 0 Å². The van der Waals surface area contributed by atoms with Crippen LogP contribution < -0.4 is 0 Å². The fraction of sp³-hybridized carbons (Fsp3) is 0.435. The summed E-state index contributed by atoms with van der Waals surface area (Å²) < 4.78 is 0. The van der Waals surface area contributed by atoms with Gasteiger partial charge in [0.15, 0.2) is 0 Å². The third kappa shape index (κ3) is 3.08. The molecule has 1 aliphatic carbocycles. The van der Waals surface area contributed by atoms with Gasteiger partial charge in [-0.05, 0) is 54.9 Å². The zero-order chi connectivity index (χ0) is 19.1. The van der Waals surface area contributed by atoms with E-state index in [-0.39, 0.29) is 11.9 Å². The van der Waals surface area contributed by atoms with Crippen LogP contribution in [-0.4, -0.2) is 52.4 Å². The van der Waals surface area contributed by atoms with E-state index in [2.05, 4.69) is 39.0 Å². The van der Waals surface area contributed by atoms with Gasteiger partial charge in [-0.3, -0.25) is 9.69 Å². The molecule has 3 saturated heterocycles. The van der Waals surface area contributed by atoms with Gasteiger partial charge in [0.2, 0.25) is 0 Å². The summed E-state index contributed by atoms with van der Waals surface area (Å²) >= 11 is 0. The maximum absolute atomic E-state index is 13.1. The van der Waals surface area contributed by atoms with Gasteiger partial charge >= 0.3 is 0 Å². The number of hydrogen-bond acceptors (Lipinski definition) is 4. The van der Waals surface area contributed by atoms with Gasteiger partial charge in [-0.25, -0.2) is 4.98 Å². The molecule has 0 spiro atoms. The van der Waals surface area contributed by atoms with E-state index in [1.165, 1.54) is 17.5 Å². The molecular formula is C23H24N4O. The standard InChI is InChI=1S/C23H24N4O/c24-11-20-7-6-19(12-25-20)23(28)27-14-16-5-8-21(27)15-26(13-16)22-9-17-3-1-2-4-18(17)10-22/h1-4,6-7,12,16,21-22H,5,8-10,13-15H2/t16-,21+/m0/s1. The van der Waals surface area contributed by atoms with Gasteiger partial charge in [0.1, 0.15) is 11.8 Å². The third-order valence-electron chi connectivity index (χ3n) is 6.67. The fourth-order valence-electron chi connectivity index (χ4n) is 5.21. The molecule has 4 heterocycles. The van der Waals surface area contributed by atoms with Gasteiger partial charge in [0.05, 0.1) is 5.56 Å². The molecule has 28 heavy (non-hydrogen) atoms. The first-order chi connectivity index (χ1) is 13.7. The maximum Gasteiger partial charge on any atom is 0.255 e. The second-order valence-electron chi connectivity index (χ2n) is 8.38. The van der Waals surface area contributed by atoms with Crippen molar-refractivity contribution in [1.82, 2.24) is 14.8 Å². The highest BCUT2D eigenvalue weighted by atomic mass is 16.2. The Morgan fingerprint density at radius 1 is 1.00 bits per heavy atom. The molecule has 6 rings (SSSR count). The molecule has 0 radical (unpaired) electrons. The summed E-state index contributed by atoms with van der Waals surface area (Å²) in [5.41, 5.74) is 3.91. The van der Waals surface area contributed by atoms with Crippen LogP contribution in [-0.2, 0) is 12.8 Å². The van der Waals surface area contributed by atoms with E-state index in [0.29, 0.717) is 23.2 Å². The molecule has 4 aliphatic rings. The second-order valence-corrected chi connectivity index (χ2v) is 8.38. The average molecular weight is 372 g/mol. The molecule has 2 bridgehead atoms. The van der Waals surface area contributed by atoms with Gasteiger partial charge in [-0.15, -0.1) is 0 Å². The Kier molecular flexibility index (Phi) is 4.37. The highest BCUT2D eigenvalue weighted by molar-refractivity contribution is 5.94. The van der Waals surface area contributed by atoms with Crippen molar-refractivity contribution < 1.29 is 4.79 Å². The summed E-state index contributed by atoms with van der Waals surface area (Å²) in [4.78, 5) is 21.9. The Labute approximate surface area is 165 Å². The van der Waals surface area contributed by atoms with Crippen LogP contribution in [0.2, 0.25) is 0 Å². The number of aromatic nitrogens is 1. The predicted octanol–water partition coefficient (Wildman–Crippen LogP) is 2.66. The van der Waals surface area contributed by atoms with Gasteiger partial charge in [-0.1, -0.05) is 24.3 Å². The van der Waals surface area contributed by atoms with E-state index in [0.717, 1.165) is 38.9 Å². The summed E-state index contributed by atoms with van der Waals surface area (Å²) in [5, 5.41) is 8.92. The molecule has 2 atom stereocenters. The van der Waals surface area contributed by atoms with Crippen molar-refractivity contribution in [1.29, 1.82) is 5.26 Å². The van der Waals surface area contributed by atoms with Crippen molar-refractivity contribution in [2.45, 2.75) is 37.8 Å². The van der Waals surface area contributed by atoms with Crippen molar-refractivity contribution in [3.8, 4) is 6.07 Å². The van der Waals surface area contributed by atoms with Crippen molar-refractivity contribution >= 4 is 5.91 Å². The fourth-order valence-corrected chi connectivity index (χ4v) is 5.21. The van der Waals surface area contributed by atoms with E-state index in [4.69, 9.17) is 5.26 Å². The van der Waals surface area contributed by atoms with Crippen LogP contribution in [0.3, 0.4) is 0 Å². The Morgan fingerprint density at radius 2 is 1.79 bits per heavy atom.